The Hall–Kier alpha value is -0.730. The summed E-state index contributed by atoms with van der Waals surface area (Å²) in [5.74, 6) is 0.615. The number of rotatable bonds is 2. The van der Waals surface area contributed by atoms with Gasteiger partial charge in [-0.1, -0.05) is 19.3 Å². The molecule has 0 amide bonds. The highest BCUT2D eigenvalue weighted by Gasteiger charge is 2.12. The monoisotopic (exact) mass is 169 g/mol. The zero-order valence-electron chi connectivity index (χ0n) is 7.84. The zero-order chi connectivity index (χ0) is 8.81. The van der Waals surface area contributed by atoms with Crippen LogP contribution in [0.25, 0.3) is 0 Å². The maximum absolute atomic E-state index is 5.65. The normalized spacial score (nSPS) is 20.9. The number of hydrogen-bond acceptors (Lipinski definition) is 1. The minimum absolute atomic E-state index is 0.578. The van der Waals surface area contributed by atoms with Crippen LogP contribution in [0.15, 0.2) is 4.99 Å². The molecule has 0 atom stereocenters. The molecule has 3 N–H and O–H groups in total. The molecular weight excluding hydrogens is 150 g/mol. The standard InChI is InChI=1S/C9H19N3/c1-2-11-9(10)12-8-6-4-3-5-7-8/h8H,2-7H2,1H3,(H3,10,11,12). The summed E-state index contributed by atoms with van der Waals surface area (Å²) < 4.78 is 0. The highest BCUT2D eigenvalue weighted by molar-refractivity contribution is 5.78. The van der Waals surface area contributed by atoms with Crippen LogP contribution in [0.5, 0.6) is 0 Å². The van der Waals surface area contributed by atoms with Gasteiger partial charge in [-0.05, 0) is 19.8 Å². The third kappa shape index (κ3) is 3.11. The van der Waals surface area contributed by atoms with E-state index in [4.69, 9.17) is 5.73 Å². The largest absolute Gasteiger partial charge is 0.370 e. The summed E-state index contributed by atoms with van der Waals surface area (Å²) >= 11 is 0. The first-order valence-corrected chi connectivity index (χ1v) is 4.89. The zero-order valence-corrected chi connectivity index (χ0v) is 7.84. The van der Waals surface area contributed by atoms with Crippen molar-refractivity contribution in [3.8, 4) is 0 Å². The van der Waals surface area contributed by atoms with Crippen LogP contribution in [0.2, 0.25) is 0 Å². The van der Waals surface area contributed by atoms with Gasteiger partial charge in [0.1, 0.15) is 0 Å². The summed E-state index contributed by atoms with van der Waals surface area (Å²) in [5.41, 5.74) is 5.65. The molecule has 0 heterocycles. The molecule has 0 unspecified atom stereocenters. The smallest absolute Gasteiger partial charge is 0.188 e. The van der Waals surface area contributed by atoms with Crippen molar-refractivity contribution in [2.75, 3.05) is 6.54 Å². The first-order valence-electron chi connectivity index (χ1n) is 4.89. The van der Waals surface area contributed by atoms with E-state index in [0.29, 0.717) is 12.0 Å². The number of hydrogen-bond donors (Lipinski definition) is 2. The lowest BCUT2D eigenvalue weighted by Gasteiger charge is -2.22. The molecule has 0 spiro atoms. The van der Waals surface area contributed by atoms with Gasteiger partial charge in [0.25, 0.3) is 0 Å². The summed E-state index contributed by atoms with van der Waals surface area (Å²) in [6.07, 6.45) is 6.54. The van der Waals surface area contributed by atoms with Crippen LogP contribution in [-0.4, -0.2) is 18.5 Å². The summed E-state index contributed by atoms with van der Waals surface area (Å²) in [7, 11) is 0. The molecule has 0 radical (unpaired) electrons. The van der Waals surface area contributed by atoms with Crippen LogP contribution >= 0.6 is 0 Å². The molecule has 70 valence electrons. The second-order valence-electron chi connectivity index (χ2n) is 3.34. The van der Waals surface area contributed by atoms with Crippen molar-refractivity contribution in [2.24, 2.45) is 10.7 Å². The van der Waals surface area contributed by atoms with Gasteiger partial charge in [-0.2, -0.15) is 0 Å². The highest BCUT2D eigenvalue weighted by atomic mass is 15.1. The minimum atomic E-state index is 0.578. The van der Waals surface area contributed by atoms with E-state index in [1.54, 1.807) is 0 Å². The Morgan fingerprint density at radius 1 is 1.42 bits per heavy atom. The number of nitrogens with two attached hydrogens (primary N) is 1. The van der Waals surface area contributed by atoms with Crippen LogP contribution < -0.4 is 11.1 Å². The third-order valence-corrected chi connectivity index (χ3v) is 2.29. The van der Waals surface area contributed by atoms with E-state index in [1.165, 1.54) is 32.1 Å². The van der Waals surface area contributed by atoms with E-state index in [-0.39, 0.29) is 0 Å². The average Bonchev–Trinajstić information content (AvgIpc) is 2.06. The third-order valence-electron chi connectivity index (χ3n) is 2.29. The van der Waals surface area contributed by atoms with Crippen molar-refractivity contribution in [1.29, 1.82) is 0 Å². The summed E-state index contributed by atoms with van der Waals surface area (Å²) in [4.78, 5) is 4.10. The second-order valence-corrected chi connectivity index (χ2v) is 3.34. The Balaban J connectivity index is 2.24. The van der Waals surface area contributed by atoms with Crippen LogP contribution in [0, 0.1) is 0 Å². The summed E-state index contributed by atoms with van der Waals surface area (Å²) in [5, 5.41) is 3.25. The molecule has 12 heavy (non-hydrogen) atoms. The fourth-order valence-corrected chi connectivity index (χ4v) is 1.67. The van der Waals surface area contributed by atoms with Crippen molar-refractivity contribution in [3.63, 3.8) is 0 Å². The lowest BCUT2D eigenvalue weighted by Crippen LogP contribution is -2.41. The Morgan fingerprint density at radius 3 is 2.67 bits per heavy atom. The molecule has 3 nitrogen and oxygen atoms in total. The van der Waals surface area contributed by atoms with Crippen molar-refractivity contribution >= 4 is 5.96 Å². The van der Waals surface area contributed by atoms with E-state index < -0.39 is 0 Å². The fourth-order valence-electron chi connectivity index (χ4n) is 1.67. The number of nitrogens with zero attached hydrogens (tertiary/aromatic N) is 1. The van der Waals surface area contributed by atoms with E-state index >= 15 is 0 Å². The maximum Gasteiger partial charge on any atom is 0.188 e. The van der Waals surface area contributed by atoms with Gasteiger partial charge >= 0.3 is 0 Å². The molecule has 0 aromatic carbocycles. The molecule has 1 aliphatic carbocycles. The maximum atomic E-state index is 5.65. The van der Waals surface area contributed by atoms with E-state index in [1.807, 2.05) is 6.92 Å². The summed E-state index contributed by atoms with van der Waals surface area (Å²) in [6.45, 7) is 2.76. The van der Waals surface area contributed by atoms with Crippen molar-refractivity contribution < 1.29 is 0 Å². The van der Waals surface area contributed by atoms with Crippen LogP contribution in [0.1, 0.15) is 39.0 Å². The molecular formula is C9H19N3. The van der Waals surface area contributed by atoms with Crippen molar-refractivity contribution in [1.82, 2.24) is 5.32 Å². The minimum Gasteiger partial charge on any atom is -0.370 e. The predicted octanol–water partition coefficient (Wildman–Crippen LogP) is 1.24. The van der Waals surface area contributed by atoms with Crippen LogP contribution in [-0.2, 0) is 0 Å². The Morgan fingerprint density at radius 2 is 2.08 bits per heavy atom. The first-order chi connectivity index (χ1) is 5.83. The Kier molecular flexibility index (Phi) is 3.91. The number of guanidine groups is 1. The Labute approximate surface area is 74.4 Å². The van der Waals surface area contributed by atoms with Gasteiger partial charge in [0.05, 0.1) is 0 Å². The summed E-state index contributed by atoms with van der Waals surface area (Å²) in [6, 6.07) is 0.578. The van der Waals surface area contributed by atoms with Crippen molar-refractivity contribution in [2.45, 2.75) is 45.1 Å². The van der Waals surface area contributed by atoms with E-state index in [0.717, 1.165) is 6.54 Å². The molecule has 0 aliphatic heterocycles. The Bertz CT molecular complexity index is 148. The molecule has 0 aromatic heterocycles. The van der Waals surface area contributed by atoms with Crippen LogP contribution in [0.3, 0.4) is 0 Å². The average molecular weight is 169 g/mol. The number of aliphatic imine (C=N–C) groups is 1. The molecule has 0 bridgehead atoms. The van der Waals surface area contributed by atoms with Gasteiger partial charge in [-0.3, -0.25) is 4.99 Å². The lowest BCUT2D eigenvalue weighted by molar-refractivity contribution is 0.412. The molecule has 1 aliphatic rings. The lowest BCUT2D eigenvalue weighted by atomic mass is 9.96. The van der Waals surface area contributed by atoms with Crippen molar-refractivity contribution in [3.05, 3.63) is 0 Å². The molecule has 1 saturated carbocycles. The molecule has 0 aromatic rings. The van der Waals surface area contributed by atoms with Gasteiger partial charge < -0.3 is 11.1 Å². The second kappa shape index (κ2) is 5.01. The fraction of sp³-hybridized carbons (Fsp3) is 0.889. The highest BCUT2D eigenvalue weighted by Crippen LogP contribution is 2.16. The predicted molar refractivity (Wildman–Crippen MR) is 52.2 cm³/mol. The van der Waals surface area contributed by atoms with Crippen LogP contribution in [0.4, 0.5) is 0 Å². The van der Waals surface area contributed by atoms with Gasteiger partial charge in [-0.15, -0.1) is 0 Å². The SMILES string of the molecule is CCN=C(N)NC1CCCCC1. The molecule has 0 saturated heterocycles. The number of nitrogens with one attached hydrogen (secondary N) is 1. The van der Waals surface area contributed by atoms with Gasteiger partial charge in [0, 0.05) is 12.6 Å². The topological polar surface area (TPSA) is 50.4 Å². The molecule has 3 heteroatoms. The van der Waals surface area contributed by atoms with E-state index in [2.05, 4.69) is 10.3 Å². The van der Waals surface area contributed by atoms with Gasteiger partial charge in [0.2, 0.25) is 0 Å². The quantitative estimate of drug-likeness (QED) is 0.482. The first kappa shape index (κ1) is 9.36. The van der Waals surface area contributed by atoms with E-state index in [9.17, 15) is 0 Å². The van der Waals surface area contributed by atoms with Gasteiger partial charge in [-0.25, -0.2) is 0 Å². The molecule has 1 fully saturated rings. The van der Waals surface area contributed by atoms with Gasteiger partial charge in [0.15, 0.2) is 5.96 Å². The molecule has 1 rings (SSSR count).